The molecular weight excluding hydrogens is 439 g/mol. The normalized spacial score (nSPS) is 14.4. The molecule has 2 amide bonds. The number of aliphatic hydroxyl groups excluding tert-OH is 1. The van der Waals surface area contributed by atoms with Gasteiger partial charge in [0.15, 0.2) is 0 Å². The topological polar surface area (TPSA) is 100 Å². The maximum atomic E-state index is 12.3. The molecule has 3 aromatic rings. The van der Waals surface area contributed by atoms with Crippen LogP contribution in [-0.2, 0) is 4.84 Å². The molecule has 4 rings (SSSR count). The molecule has 0 bridgehead atoms. The van der Waals surface area contributed by atoms with Gasteiger partial charge in [0.05, 0.1) is 24.2 Å². The smallest absolute Gasteiger partial charge is 0.393 e. The number of alkyl halides is 3. The number of urea groups is 1. The molecule has 2 heterocycles. The largest absolute Gasteiger partial charge is 0.405 e. The maximum absolute atomic E-state index is 12.3. The Morgan fingerprint density at radius 1 is 1.27 bits per heavy atom. The molecule has 2 aromatic heterocycles. The molecule has 33 heavy (non-hydrogen) atoms. The van der Waals surface area contributed by atoms with E-state index in [9.17, 15) is 18.0 Å². The number of halogens is 3. The lowest BCUT2D eigenvalue weighted by Gasteiger charge is -2.11. The second-order valence-electron chi connectivity index (χ2n) is 7.60. The van der Waals surface area contributed by atoms with E-state index in [2.05, 4.69) is 15.5 Å². The Hall–Kier alpha value is -3.60. The third kappa shape index (κ3) is 5.80. The van der Waals surface area contributed by atoms with Gasteiger partial charge in [0.25, 0.3) is 0 Å². The van der Waals surface area contributed by atoms with Crippen molar-refractivity contribution < 1.29 is 27.9 Å². The first-order valence-corrected chi connectivity index (χ1v) is 10.3. The number of fused-ring (bicyclic) bond motifs is 1. The number of benzene rings is 1. The van der Waals surface area contributed by atoms with Gasteiger partial charge < -0.3 is 20.6 Å². The van der Waals surface area contributed by atoms with Crippen LogP contribution in [-0.4, -0.2) is 52.2 Å². The van der Waals surface area contributed by atoms with E-state index in [0.717, 1.165) is 35.4 Å². The monoisotopic (exact) mass is 461 g/mol. The summed E-state index contributed by atoms with van der Waals surface area (Å²) in [5.74, 6) is 0.326. The minimum atomic E-state index is -4.48. The van der Waals surface area contributed by atoms with Crippen LogP contribution in [0.3, 0.4) is 0 Å². The zero-order valence-corrected chi connectivity index (χ0v) is 17.5. The van der Waals surface area contributed by atoms with Crippen molar-refractivity contribution in [3.63, 3.8) is 0 Å². The predicted molar refractivity (Wildman–Crippen MR) is 116 cm³/mol. The van der Waals surface area contributed by atoms with Crippen molar-refractivity contribution in [3.05, 3.63) is 54.4 Å². The fourth-order valence-electron chi connectivity index (χ4n) is 3.34. The number of amides is 2. The van der Waals surface area contributed by atoms with Crippen LogP contribution >= 0.6 is 0 Å². The molecule has 0 saturated heterocycles. The molecule has 3 N–H and O–H groups in total. The first-order valence-electron chi connectivity index (χ1n) is 10.3. The number of carbonyl (C=O) groups is 1. The second kappa shape index (κ2) is 9.49. The summed E-state index contributed by atoms with van der Waals surface area (Å²) in [4.78, 5) is 21.4. The van der Waals surface area contributed by atoms with Gasteiger partial charge in [0, 0.05) is 28.9 Å². The molecule has 1 fully saturated rings. The Morgan fingerprint density at radius 3 is 2.82 bits per heavy atom. The number of imidazole rings is 1. The number of hydrogen-bond donors (Lipinski definition) is 3. The zero-order chi connectivity index (χ0) is 23.4. The van der Waals surface area contributed by atoms with Crippen LogP contribution < -0.4 is 10.6 Å². The number of pyridine rings is 1. The van der Waals surface area contributed by atoms with Gasteiger partial charge in [-0.1, -0.05) is 17.3 Å². The maximum Gasteiger partial charge on any atom is 0.405 e. The Kier molecular flexibility index (Phi) is 6.50. The average Bonchev–Trinajstić information content (AvgIpc) is 3.53. The van der Waals surface area contributed by atoms with Crippen molar-refractivity contribution in [1.82, 2.24) is 14.7 Å². The number of rotatable bonds is 8. The van der Waals surface area contributed by atoms with Gasteiger partial charge in [-0.25, -0.2) is 9.78 Å². The summed E-state index contributed by atoms with van der Waals surface area (Å²) in [6.45, 7) is -1.39. The molecule has 0 atom stereocenters. The third-order valence-electron chi connectivity index (χ3n) is 4.98. The van der Waals surface area contributed by atoms with E-state index in [4.69, 9.17) is 9.94 Å². The number of anilines is 1. The molecule has 0 spiro atoms. The van der Waals surface area contributed by atoms with Gasteiger partial charge in [0.2, 0.25) is 0 Å². The Morgan fingerprint density at radius 2 is 2.09 bits per heavy atom. The number of aliphatic hydroxyl groups is 1. The van der Waals surface area contributed by atoms with Gasteiger partial charge >= 0.3 is 12.2 Å². The van der Waals surface area contributed by atoms with Gasteiger partial charge in [-0.2, -0.15) is 13.2 Å². The zero-order valence-electron chi connectivity index (χ0n) is 17.5. The van der Waals surface area contributed by atoms with Crippen LogP contribution in [0.15, 0.2) is 53.9 Å². The second-order valence-corrected chi connectivity index (χ2v) is 7.60. The van der Waals surface area contributed by atoms with Crippen LogP contribution in [0.1, 0.15) is 18.4 Å². The standard InChI is InChI=1S/C22H22F3N5O3/c23-22(24,25)13-27-21(32)28-17-3-1-2-15(10-17)18-12-26-19-11-16(6-7-30(18)19)20(14-4-5-14)29-33-9-8-31/h1-3,6-7,10-12,14,31H,4-5,8-9,13H2,(H2,27,28,32). The molecular formula is C22H22F3N5O3. The number of hydrogen-bond acceptors (Lipinski definition) is 5. The van der Waals surface area contributed by atoms with Gasteiger partial charge in [0.1, 0.15) is 18.8 Å². The van der Waals surface area contributed by atoms with Gasteiger partial charge in [-0.15, -0.1) is 0 Å². The highest BCUT2D eigenvalue weighted by Crippen LogP contribution is 2.34. The van der Waals surface area contributed by atoms with E-state index < -0.39 is 18.8 Å². The molecule has 0 aliphatic heterocycles. The molecule has 174 valence electrons. The first-order chi connectivity index (χ1) is 15.8. The van der Waals surface area contributed by atoms with Crippen molar-refractivity contribution in [2.24, 2.45) is 11.1 Å². The number of aromatic nitrogens is 2. The summed E-state index contributed by atoms with van der Waals surface area (Å²) in [6, 6.07) is 9.62. The van der Waals surface area contributed by atoms with Crippen molar-refractivity contribution in [2.75, 3.05) is 25.1 Å². The van der Waals surface area contributed by atoms with E-state index in [-0.39, 0.29) is 13.2 Å². The highest BCUT2D eigenvalue weighted by Gasteiger charge is 2.30. The minimum absolute atomic E-state index is 0.109. The summed E-state index contributed by atoms with van der Waals surface area (Å²) in [7, 11) is 0. The lowest BCUT2D eigenvalue weighted by atomic mass is 10.1. The minimum Gasteiger partial charge on any atom is -0.393 e. The van der Waals surface area contributed by atoms with Crippen LogP contribution in [0.4, 0.5) is 23.7 Å². The summed E-state index contributed by atoms with van der Waals surface area (Å²) in [5, 5.41) is 17.3. The average molecular weight is 461 g/mol. The summed E-state index contributed by atoms with van der Waals surface area (Å²) in [5.41, 5.74) is 4.22. The summed E-state index contributed by atoms with van der Waals surface area (Å²) >= 11 is 0. The molecule has 1 saturated carbocycles. The summed E-state index contributed by atoms with van der Waals surface area (Å²) in [6.07, 6.45) is 1.11. The van der Waals surface area contributed by atoms with E-state index in [0.29, 0.717) is 17.3 Å². The van der Waals surface area contributed by atoms with Crippen molar-refractivity contribution in [3.8, 4) is 11.3 Å². The molecule has 1 aliphatic carbocycles. The number of carbonyl (C=O) groups excluding carboxylic acids is 1. The van der Waals surface area contributed by atoms with Crippen molar-refractivity contribution in [2.45, 2.75) is 19.0 Å². The first kappa shape index (κ1) is 22.6. The number of oxime groups is 1. The van der Waals surface area contributed by atoms with Crippen molar-refractivity contribution in [1.29, 1.82) is 0 Å². The quantitative estimate of drug-likeness (QED) is 0.270. The van der Waals surface area contributed by atoms with E-state index >= 15 is 0 Å². The Labute approximate surface area is 187 Å². The molecule has 1 aliphatic rings. The van der Waals surface area contributed by atoms with Gasteiger partial charge in [-0.3, -0.25) is 4.40 Å². The van der Waals surface area contributed by atoms with E-state index in [1.54, 1.807) is 29.7 Å². The van der Waals surface area contributed by atoms with Gasteiger partial charge in [-0.05, 0) is 37.1 Å². The lowest BCUT2D eigenvalue weighted by molar-refractivity contribution is -0.122. The fraction of sp³-hybridized carbons (Fsp3) is 0.318. The molecule has 0 radical (unpaired) electrons. The van der Waals surface area contributed by atoms with Crippen LogP contribution in [0.5, 0.6) is 0 Å². The van der Waals surface area contributed by atoms with Crippen LogP contribution in [0.2, 0.25) is 0 Å². The Balaban J connectivity index is 1.54. The highest BCUT2D eigenvalue weighted by molar-refractivity contribution is 6.04. The molecule has 11 heteroatoms. The SMILES string of the molecule is O=C(NCC(F)(F)F)Nc1cccc(-c2cnc3cc(C(=NOCCO)C4CC4)ccn23)c1. The Bertz CT molecular complexity index is 1170. The van der Waals surface area contributed by atoms with Crippen LogP contribution in [0, 0.1) is 5.92 Å². The predicted octanol–water partition coefficient (Wildman–Crippen LogP) is 3.81. The number of nitrogens with one attached hydrogen (secondary N) is 2. The number of nitrogens with zero attached hydrogens (tertiary/aromatic N) is 3. The molecule has 1 aromatic carbocycles. The van der Waals surface area contributed by atoms with Crippen molar-refractivity contribution >= 4 is 23.1 Å². The fourth-order valence-corrected chi connectivity index (χ4v) is 3.34. The van der Waals surface area contributed by atoms with E-state index in [1.807, 2.05) is 28.8 Å². The third-order valence-corrected chi connectivity index (χ3v) is 4.98. The molecule has 8 nitrogen and oxygen atoms in total. The highest BCUT2D eigenvalue weighted by atomic mass is 19.4. The van der Waals surface area contributed by atoms with E-state index in [1.165, 1.54) is 0 Å². The molecule has 0 unspecified atom stereocenters. The lowest BCUT2D eigenvalue weighted by Crippen LogP contribution is -2.36. The summed E-state index contributed by atoms with van der Waals surface area (Å²) < 4.78 is 38.7. The van der Waals surface area contributed by atoms with Crippen LogP contribution in [0.25, 0.3) is 16.9 Å².